The maximum atomic E-state index is 6.20. The molecule has 0 N–H and O–H groups in total. The molecule has 2 aromatic heterocycles. The van der Waals surface area contributed by atoms with Crippen LogP contribution in [-0.4, -0.2) is 14.8 Å². The molecule has 146 valence electrons. The maximum Gasteiger partial charge on any atom is 0.129 e. The highest BCUT2D eigenvalue weighted by atomic mass is 16.5. The molecule has 0 aliphatic carbocycles. The molecule has 0 aliphatic rings. The summed E-state index contributed by atoms with van der Waals surface area (Å²) in [5.41, 5.74) is 5.05. The second-order valence-corrected chi connectivity index (χ2v) is 7.81. The Hall–Kier alpha value is -3.40. The molecule has 0 radical (unpaired) electrons. The van der Waals surface area contributed by atoms with Gasteiger partial charge in [-0.3, -0.25) is 4.98 Å². The number of hydrogen-bond acceptors (Lipinski definition) is 3. The first-order valence-electron chi connectivity index (χ1n) is 9.77. The van der Waals surface area contributed by atoms with Gasteiger partial charge in [-0.05, 0) is 61.9 Å². The lowest BCUT2D eigenvalue weighted by atomic mass is 9.81. The van der Waals surface area contributed by atoms with Gasteiger partial charge in [0.05, 0.1) is 17.1 Å². The first-order chi connectivity index (χ1) is 13.9. The molecule has 0 aliphatic heterocycles. The molecule has 2 heterocycles. The highest BCUT2D eigenvalue weighted by Gasteiger charge is 2.24. The van der Waals surface area contributed by atoms with E-state index in [1.54, 1.807) is 0 Å². The van der Waals surface area contributed by atoms with E-state index < -0.39 is 0 Å². The SMILES string of the molecule is Cc1cc(C)n(-c2cccc(Oc3cccc(C(C)(C)c4ccccn4)c3)c2)n1. The summed E-state index contributed by atoms with van der Waals surface area (Å²) in [6.07, 6.45) is 1.84. The van der Waals surface area contributed by atoms with E-state index in [4.69, 9.17) is 4.74 Å². The van der Waals surface area contributed by atoms with Gasteiger partial charge < -0.3 is 4.74 Å². The summed E-state index contributed by atoms with van der Waals surface area (Å²) < 4.78 is 8.13. The molecule has 29 heavy (non-hydrogen) atoms. The Morgan fingerprint density at radius 1 is 0.828 bits per heavy atom. The maximum absolute atomic E-state index is 6.20. The van der Waals surface area contributed by atoms with Gasteiger partial charge >= 0.3 is 0 Å². The average molecular weight is 383 g/mol. The van der Waals surface area contributed by atoms with Crippen molar-refractivity contribution in [3.63, 3.8) is 0 Å². The van der Waals surface area contributed by atoms with Crippen LogP contribution in [0.15, 0.2) is 79.0 Å². The first kappa shape index (κ1) is 18.9. The molecule has 0 amide bonds. The van der Waals surface area contributed by atoms with E-state index in [-0.39, 0.29) is 5.41 Å². The molecule has 2 aromatic carbocycles. The summed E-state index contributed by atoms with van der Waals surface area (Å²) in [6, 6.07) is 24.3. The molecule has 0 atom stereocenters. The standard InChI is InChI=1S/C25H25N3O/c1-18-15-19(2)28(27-18)21-10-8-12-23(17-21)29-22-11-7-9-20(16-22)25(3,4)24-13-5-6-14-26-24/h5-17H,1-4H3. The molecule has 4 nitrogen and oxygen atoms in total. The zero-order valence-corrected chi connectivity index (χ0v) is 17.3. The minimum Gasteiger partial charge on any atom is -0.457 e. The number of aromatic nitrogens is 3. The monoisotopic (exact) mass is 383 g/mol. The number of nitrogens with zero attached hydrogens (tertiary/aromatic N) is 3. The summed E-state index contributed by atoms with van der Waals surface area (Å²) in [6.45, 7) is 8.41. The normalized spacial score (nSPS) is 11.4. The lowest BCUT2D eigenvalue weighted by Gasteiger charge is -2.25. The van der Waals surface area contributed by atoms with Crippen molar-refractivity contribution in [1.29, 1.82) is 0 Å². The van der Waals surface area contributed by atoms with E-state index in [1.807, 2.05) is 66.3 Å². The molecular formula is C25H25N3O. The molecular weight excluding hydrogens is 358 g/mol. The van der Waals surface area contributed by atoms with Crippen LogP contribution in [0.4, 0.5) is 0 Å². The molecule has 0 spiro atoms. The molecule has 0 saturated heterocycles. The lowest BCUT2D eigenvalue weighted by molar-refractivity contribution is 0.479. The van der Waals surface area contributed by atoms with Crippen molar-refractivity contribution in [3.05, 3.63) is 102 Å². The van der Waals surface area contributed by atoms with E-state index in [0.29, 0.717) is 0 Å². The second-order valence-electron chi connectivity index (χ2n) is 7.81. The van der Waals surface area contributed by atoms with E-state index in [2.05, 4.69) is 55.1 Å². The van der Waals surface area contributed by atoms with E-state index >= 15 is 0 Å². The second kappa shape index (κ2) is 7.55. The topological polar surface area (TPSA) is 39.9 Å². The van der Waals surface area contributed by atoms with Crippen molar-refractivity contribution in [2.45, 2.75) is 33.1 Å². The van der Waals surface area contributed by atoms with Gasteiger partial charge in [0.1, 0.15) is 11.5 Å². The molecule has 0 fully saturated rings. The molecule has 0 bridgehead atoms. The molecule has 4 rings (SSSR count). The average Bonchev–Trinajstić information content (AvgIpc) is 3.07. The van der Waals surface area contributed by atoms with Gasteiger partial charge in [-0.1, -0.05) is 38.1 Å². The highest BCUT2D eigenvalue weighted by molar-refractivity contribution is 5.44. The summed E-state index contributed by atoms with van der Waals surface area (Å²) >= 11 is 0. The Balaban J connectivity index is 1.62. The van der Waals surface area contributed by atoms with E-state index in [1.165, 1.54) is 0 Å². The summed E-state index contributed by atoms with van der Waals surface area (Å²) in [5, 5.41) is 4.56. The predicted molar refractivity (Wildman–Crippen MR) is 116 cm³/mol. The smallest absolute Gasteiger partial charge is 0.129 e. The van der Waals surface area contributed by atoms with Gasteiger partial charge in [-0.25, -0.2) is 4.68 Å². The van der Waals surface area contributed by atoms with Crippen molar-refractivity contribution in [3.8, 4) is 17.2 Å². The van der Waals surface area contributed by atoms with Gasteiger partial charge in [-0.2, -0.15) is 5.10 Å². The van der Waals surface area contributed by atoms with Crippen molar-refractivity contribution in [2.75, 3.05) is 0 Å². The fourth-order valence-electron chi connectivity index (χ4n) is 3.53. The number of benzene rings is 2. The zero-order chi connectivity index (χ0) is 20.4. The molecule has 4 heteroatoms. The van der Waals surface area contributed by atoms with Crippen molar-refractivity contribution in [1.82, 2.24) is 14.8 Å². The molecule has 4 aromatic rings. The van der Waals surface area contributed by atoms with Crippen molar-refractivity contribution >= 4 is 0 Å². The molecule has 0 saturated carbocycles. The Kier molecular flexibility index (Phi) is 4.93. The largest absolute Gasteiger partial charge is 0.457 e. The zero-order valence-electron chi connectivity index (χ0n) is 17.3. The fourth-order valence-corrected chi connectivity index (χ4v) is 3.53. The van der Waals surface area contributed by atoms with Gasteiger partial charge in [0.15, 0.2) is 0 Å². The minimum atomic E-state index is -0.216. The van der Waals surface area contributed by atoms with Crippen LogP contribution in [0.1, 0.15) is 36.5 Å². The van der Waals surface area contributed by atoms with Crippen LogP contribution >= 0.6 is 0 Å². The number of pyridine rings is 1. The third-order valence-electron chi connectivity index (χ3n) is 5.17. The Morgan fingerprint density at radius 2 is 1.59 bits per heavy atom. The van der Waals surface area contributed by atoms with Crippen molar-refractivity contribution < 1.29 is 4.74 Å². The van der Waals surface area contributed by atoms with Gasteiger partial charge in [-0.15, -0.1) is 0 Å². The highest BCUT2D eigenvalue weighted by Crippen LogP contribution is 2.33. The third kappa shape index (κ3) is 3.92. The predicted octanol–water partition coefficient (Wildman–Crippen LogP) is 6.00. The number of hydrogen-bond donors (Lipinski definition) is 0. The minimum absolute atomic E-state index is 0.216. The number of rotatable bonds is 5. The van der Waals surface area contributed by atoms with E-state index in [9.17, 15) is 0 Å². The third-order valence-corrected chi connectivity index (χ3v) is 5.17. The Morgan fingerprint density at radius 3 is 2.28 bits per heavy atom. The Bertz CT molecular complexity index is 1130. The fraction of sp³-hybridized carbons (Fsp3) is 0.200. The van der Waals surface area contributed by atoms with Crippen LogP contribution in [0.5, 0.6) is 11.5 Å². The quantitative estimate of drug-likeness (QED) is 0.424. The molecule has 0 unspecified atom stereocenters. The first-order valence-corrected chi connectivity index (χ1v) is 9.77. The van der Waals surface area contributed by atoms with Crippen LogP contribution in [0.2, 0.25) is 0 Å². The van der Waals surface area contributed by atoms with Gasteiger partial charge in [0.2, 0.25) is 0 Å². The lowest BCUT2D eigenvalue weighted by Crippen LogP contribution is -2.20. The number of aryl methyl sites for hydroxylation is 2. The summed E-state index contributed by atoms with van der Waals surface area (Å²) in [7, 11) is 0. The van der Waals surface area contributed by atoms with Crippen LogP contribution in [-0.2, 0) is 5.41 Å². The van der Waals surface area contributed by atoms with Crippen LogP contribution < -0.4 is 4.74 Å². The van der Waals surface area contributed by atoms with Gasteiger partial charge in [0.25, 0.3) is 0 Å². The van der Waals surface area contributed by atoms with Crippen LogP contribution in [0.3, 0.4) is 0 Å². The number of ether oxygens (including phenoxy) is 1. The van der Waals surface area contributed by atoms with Gasteiger partial charge in [0, 0.05) is 23.4 Å². The summed E-state index contributed by atoms with van der Waals surface area (Å²) in [5.74, 6) is 1.58. The van der Waals surface area contributed by atoms with Crippen LogP contribution in [0, 0.1) is 13.8 Å². The summed E-state index contributed by atoms with van der Waals surface area (Å²) in [4.78, 5) is 4.55. The van der Waals surface area contributed by atoms with Crippen LogP contribution in [0.25, 0.3) is 5.69 Å². The van der Waals surface area contributed by atoms with E-state index in [0.717, 1.165) is 39.8 Å². The Labute approximate surface area is 171 Å². The van der Waals surface area contributed by atoms with Crippen molar-refractivity contribution in [2.24, 2.45) is 0 Å².